The standard InChI is InChI=1S/C20H22N4/c1-23-12-7-13-24(15-14-23)20-18-11-6-5-10-17(18)19(21-22-20)16-8-3-2-4-9-16/h2-6,8-11H,7,12-15H2,1H3/p+1. The highest BCUT2D eigenvalue weighted by Crippen LogP contribution is 2.31. The summed E-state index contributed by atoms with van der Waals surface area (Å²) in [7, 11) is 2.27. The van der Waals surface area contributed by atoms with Crippen molar-refractivity contribution in [2.75, 3.05) is 38.1 Å². The van der Waals surface area contributed by atoms with Gasteiger partial charge in [0.15, 0.2) is 5.82 Å². The van der Waals surface area contributed by atoms with Crippen LogP contribution in [0.15, 0.2) is 54.6 Å². The van der Waals surface area contributed by atoms with Crippen molar-refractivity contribution in [2.45, 2.75) is 6.42 Å². The van der Waals surface area contributed by atoms with Crippen molar-refractivity contribution in [3.05, 3.63) is 54.6 Å². The molecule has 1 atom stereocenters. The van der Waals surface area contributed by atoms with Crippen molar-refractivity contribution >= 4 is 16.6 Å². The Hall–Kier alpha value is -2.46. The first-order valence-electron chi connectivity index (χ1n) is 8.70. The number of fused-ring (bicyclic) bond motifs is 1. The zero-order valence-corrected chi connectivity index (χ0v) is 14.1. The first-order chi connectivity index (χ1) is 11.8. The second kappa shape index (κ2) is 6.57. The quantitative estimate of drug-likeness (QED) is 0.784. The lowest BCUT2D eigenvalue weighted by atomic mass is 10.0. The molecule has 2 heterocycles. The van der Waals surface area contributed by atoms with Gasteiger partial charge in [-0.1, -0.05) is 54.6 Å². The van der Waals surface area contributed by atoms with Gasteiger partial charge in [0.1, 0.15) is 5.69 Å². The molecule has 1 fully saturated rings. The van der Waals surface area contributed by atoms with E-state index < -0.39 is 0 Å². The number of anilines is 1. The zero-order valence-electron chi connectivity index (χ0n) is 14.1. The van der Waals surface area contributed by atoms with Crippen molar-refractivity contribution < 1.29 is 4.90 Å². The van der Waals surface area contributed by atoms with Crippen LogP contribution in [0, 0.1) is 0 Å². The molecule has 0 radical (unpaired) electrons. The molecule has 1 N–H and O–H groups in total. The van der Waals surface area contributed by atoms with Crippen LogP contribution >= 0.6 is 0 Å². The monoisotopic (exact) mass is 319 g/mol. The predicted octanol–water partition coefficient (Wildman–Crippen LogP) is 2.02. The summed E-state index contributed by atoms with van der Waals surface area (Å²) in [5, 5.41) is 11.6. The Labute approximate surface area is 142 Å². The summed E-state index contributed by atoms with van der Waals surface area (Å²) >= 11 is 0. The lowest BCUT2D eigenvalue weighted by molar-refractivity contribution is -0.876. The molecule has 1 aromatic heterocycles. The van der Waals surface area contributed by atoms with Crippen LogP contribution in [0.3, 0.4) is 0 Å². The van der Waals surface area contributed by atoms with Gasteiger partial charge in [0.2, 0.25) is 0 Å². The van der Waals surface area contributed by atoms with Gasteiger partial charge < -0.3 is 9.80 Å². The van der Waals surface area contributed by atoms with Crippen LogP contribution in [0.1, 0.15) is 6.42 Å². The van der Waals surface area contributed by atoms with Gasteiger partial charge in [0, 0.05) is 29.3 Å². The SMILES string of the molecule is C[NH+]1CCCN(c2nnc(-c3ccccc3)c3ccccc23)CC1. The van der Waals surface area contributed by atoms with Crippen LogP contribution in [-0.2, 0) is 0 Å². The van der Waals surface area contributed by atoms with E-state index in [0.29, 0.717) is 0 Å². The van der Waals surface area contributed by atoms with E-state index in [2.05, 4.69) is 58.5 Å². The molecule has 1 unspecified atom stereocenters. The van der Waals surface area contributed by atoms with Crippen molar-refractivity contribution in [3.63, 3.8) is 0 Å². The first-order valence-corrected chi connectivity index (χ1v) is 8.70. The maximum Gasteiger partial charge on any atom is 0.159 e. The maximum absolute atomic E-state index is 4.64. The summed E-state index contributed by atoms with van der Waals surface area (Å²) in [5.74, 6) is 1.03. The van der Waals surface area contributed by atoms with Crippen molar-refractivity contribution in [1.82, 2.24) is 10.2 Å². The van der Waals surface area contributed by atoms with E-state index in [-0.39, 0.29) is 0 Å². The number of likely N-dealkylation sites (N-methyl/N-ethyl adjacent to an activating group) is 1. The average Bonchev–Trinajstić information content (AvgIpc) is 2.86. The van der Waals surface area contributed by atoms with Crippen molar-refractivity contribution in [2.24, 2.45) is 0 Å². The summed E-state index contributed by atoms with van der Waals surface area (Å²) in [5.41, 5.74) is 2.08. The Morgan fingerprint density at radius 3 is 2.42 bits per heavy atom. The van der Waals surface area contributed by atoms with Crippen LogP contribution in [0.25, 0.3) is 22.0 Å². The number of aromatic nitrogens is 2. The molecule has 0 spiro atoms. The fourth-order valence-corrected chi connectivity index (χ4v) is 3.48. The van der Waals surface area contributed by atoms with Crippen molar-refractivity contribution in [3.8, 4) is 11.3 Å². The second-order valence-electron chi connectivity index (χ2n) is 6.58. The zero-order chi connectivity index (χ0) is 16.4. The van der Waals surface area contributed by atoms with Crippen LogP contribution in [-0.4, -0.2) is 43.4 Å². The van der Waals surface area contributed by atoms with Gasteiger partial charge in [-0.2, -0.15) is 0 Å². The molecule has 1 aliphatic heterocycles. The summed E-state index contributed by atoms with van der Waals surface area (Å²) in [6.45, 7) is 4.47. The number of hydrogen-bond donors (Lipinski definition) is 1. The average molecular weight is 319 g/mol. The molecule has 122 valence electrons. The first kappa shape index (κ1) is 15.1. The third kappa shape index (κ3) is 2.85. The summed E-state index contributed by atoms with van der Waals surface area (Å²) < 4.78 is 0. The van der Waals surface area contributed by atoms with Crippen molar-refractivity contribution in [1.29, 1.82) is 0 Å². The molecule has 24 heavy (non-hydrogen) atoms. The lowest BCUT2D eigenvalue weighted by Gasteiger charge is -2.22. The fraction of sp³-hybridized carbons (Fsp3) is 0.300. The minimum absolute atomic E-state index is 0.965. The number of hydrogen-bond acceptors (Lipinski definition) is 3. The van der Waals surface area contributed by atoms with Crippen LogP contribution in [0.2, 0.25) is 0 Å². The Morgan fingerprint density at radius 2 is 1.58 bits per heavy atom. The number of nitrogens with zero attached hydrogens (tertiary/aromatic N) is 3. The topological polar surface area (TPSA) is 33.5 Å². The highest BCUT2D eigenvalue weighted by atomic mass is 15.3. The molecule has 0 saturated carbocycles. The van der Waals surface area contributed by atoms with E-state index in [9.17, 15) is 0 Å². The van der Waals surface area contributed by atoms with Gasteiger partial charge in [-0.05, 0) is 0 Å². The highest BCUT2D eigenvalue weighted by Gasteiger charge is 2.19. The molecule has 0 amide bonds. The predicted molar refractivity (Wildman–Crippen MR) is 98.4 cm³/mol. The normalized spacial score (nSPS) is 18.5. The molecular formula is C20H23N4+. The fourth-order valence-electron chi connectivity index (χ4n) is 3.48. The van der Waals surface area contributed by atoms with Gasteiger partial charge in [0.25, 0.3) is 0 Å². The third-order valence-electron chi connectivity index (χ3n) is 4.85. The van der Waals surface area contributed by atoms with Gasteiger partial charge in [-0.15, -0.1) is 10.2 Å². The van der Waals surface area contributed by atoms with Gasteiger partial charge in [0.05, 0.1) is 26.7 Å². The number of nitrogens with one attached hydrogen (secondary N) is 1. The van der Waals surface area contributed by atoms with Gasteiger partial charge in [-0.25, -0.2) is 0 Å². The largest absolute Gasteiger partial charge is 0.349 e. The number of benzene rings is 2. The minimum atomic E-state index is 0.965. The van der Waals surface area contributed by atoms with E-state index >= 15 is 0 Å². The van der Waals surface area contributed by atoms with Gasteiger partial charge >= 0.3 is 0 Å². The molecule has 2 aromatic carbocycles. The Balaban J connectivity index is 1.81. The summed E-state index contributed by atoms with van der Waals surface area (Å²) in [6.07, 6.45) is 1.20. The Morgan fingerprint density at radius 1 is 0.833 bits per heavy atom. The molecule has 0 bridgehead atoms. The number of rotatable bonds is 2. The Kier molecular flexibility index (Phi) is 4.13. The Bertz CT molecular complexity index is 831. The maximum atomic E-state index is 4.64. The molecule has 1 aliphatic rings. The molecule has 4 rings (SSSR count). The van der Waals surface area contributed by atoms with E-state index in [1.165, 1.54) is 23.7 Å². The molecule has 0 aliphatic carbocycles. The molecule has 4 nitrogen and oxygen atoms in total. The second-order valence-corrected chi connectivity index (χ2v) is 6.58. The smallest absolute Gasteiger partial charge is 0.159 e. The summed E-state index contributed by atoms with van der Waals surface area (Å²) in [4.78, 5) is 4.00. The van der Waals surface area contributed by atoms with E-state index in [4.69, 9.17) is 0 Å². The molecular weight excluding hydrogens is 296 g/mol. The summed E-state index contributed by atoms with van der Waals surface area (Å²) in [6, 6.07) is 18.8. The molecule has 3 aromatic rings. The van der Waals surface area contributed by atoms with Gasteiger partial charge in [-0.3, -0.25) is 0 Å². The molecule has 4 heteroatoms. The van der Waals surface area contributed by atoms with E-state index in [0.717, 1.165) is 36.7 Å². The van der Waals surface area contributed by atoms with Crippen LogP contribution in [0.4, 0.5) is 5.82 Å². The number of quaternary nitrogens is 1. The van der Waals surface area contributed by atoms with Crippen LogP contribution < -0.4 is 9.80 Å². The lowest BCUT2D eigenvalue weighted by Crippen LogP contribution is -3.09. The highest BCUT2D eigenvalue weighted by molar-refractivity contribution is 6.00. The van der Waals surface area contributed by atoms with E-state index in [1.54, 1.807) is 4.90 Å². The third-order valence-corrected chi connectivity index (χ3v) is 4.85. The minimum Gasteiger partial charge on any atom is -0.349 e. The molecule has 1 saturated heterocycles. The van der Waals surface area contributed by atoms with E-state index in [1.807, 2.05) is 18.2 Å². The van der Waals surface area contributed by atoms with Crippen LogP contribution in [0.5, 0.6) is 0 Å².